The second kappa shape index (κ2) is 5.90. The highest BCUT2D eigenvalue weighted by Gasteiger charge is 2.25. The molecule has 1 aliphatic rings. The number of carbonyl (C=O) groups is 1. The first kappa shape index (κ1) is 15.6. The van der Waals surface area contributed by atoms with Gasteiger partial charge in [-0.3, -0.25) is 0 Å². The third-order valence-electron chi connectivity index (χ3n) is 3.03. The van der Waals surface area contributed by atoms with Crippen molar-refractivity contribution in [3.05, 3.63) is 18.2 Å². The van der Waals surface area contributed by atoms with Gasteiger partial charge in [0.25, 0.3) is 0 Å². The highest BCUT2D eigenvalue weighted by Crippen LogP contribution is 2.32. The molecule has 8 heteroatoms. The molecule has 1 heterocycles. The van der Waals surface area contributed by atoms with E-state index in [0.717, 1.165) is 0 Å². The Morgan fingerprint density at radius 2 is 1.86 bits per heavy atom. The fraction of sp³-hybridized carbons (Fsp3) is 0.462. The van der Waals surface area contributed by atoms with Gasteiger partial charge in [0.15, 0.2) is 11.5 Å². The third-order valence-corrected chi connectivity index (χ3v) is 4.47. The van der Waals surface area contributed by atoms with Crippen LogP contribution in [0.5, 0.6) is 11.5 Å². The Kier molecular flexibility index (Phi) is 4.38. The lowest BCUT2D eigenvalue weighted by Crippen LogP contribution is -2.50. The van der Waals surface area contributed by atoms with Crippen LogP contribution >= 0.6 is 0 Å². The van der Waals surface area contributed by atoms with Gasteiger partial charge in [0.05, 0.1) is 16.9 Å². The smallest absolute Gasteiger partial charge is 0.241 e. The summed E-state index contributed by atoms with van der Waals surface area (Å²) in [7, 11) is -3.99. The molecule has 0 aromatic heterocycles. The van der Waals surface area contributed by atoms with E-state index in [-0.39, 0.29) is 4.90 Å². The SMILES string of the molecule is CC(C)[C@H](NS(=O)(=O)c1ccc2c(c1)OCCO2)C(=O)[O-]. The Labute approximate surface area is 122 Å². The molecule has 0 saturated heterocycles. The number of ether oxygens (including phenoxy) is 2. The van der Waals surface area contributed by atoms with Gasteiger partial charge in [-0.05, 0) is 18.1 Å². The van der Waals surface area contributed by atoms with Crippen molar-refractivity contribution >= 4 is 16.0 Å². The van der Waals surface area contributed by atoms with Crippen LogP contribution in [-0.4, -0.2) is 33.6 Å². The number of benzene rings is 1. The largest absolute Gasteiger partial charge is 0.548 e. The molecule has 2 rings (SSSR count). The standard InChI is InChI=1S/C13H17NO6S/c1-8(2)12(13(15)16)14-21(17,18)9-3-4-10-11(7-9)20-6-5-19-10/h3-4,7-8,12,14H,5-6H2,1-2H3,(H,15,16)/p-1/t12-/m0/s1. The number of carbonyl (C=O) groups excluding carboxylic acids is 1. The first-order chi connectivity index (χ1) is 9.81. The van der Waals surface area contributed by atoms with E-state index in [1.54, 1.807) is 13.8 Å². The molecule has 1 aromatic rings. The zero-order chi connectivity index (χ0) is 15.6. The molecule has 1 aromatic carbocycles. The molecule has 0 unspecified atom stereocenters. The summed E-state index contributed by atoms with van der Waals surface area (Å²) in [6.45, 7) is 3.91. The van der Waals surface area contributed by atoms with Crippen molar-refractivity contribution in [1.82, 2.24) is 4.72 Å². The van der Waals surface area contributed by atoms with Crippen molar-refractivity contribution in [2.24, 2.45) is 5.92 Å². The van der Waals surface area contributed by atoms with Gasteiger partial charge in [0.1, 0.15) is 13.2 Å². The van der Waals surface area contributed by atoms with Crippen molar-refractivity contribution in [2.75, 3.05) is 13.2 Å². The van der Waals surface area contributed by atoms with Crippen LogP contribution in [0.4, 0.5) is 0 Å². The molecule has 0 radical (unpaired) electrons. The van der Waals surface area contributed by atoms with Crippen LogP contribution in [0.25, 0.3) is 0 Å². The molecule has 1 atom stereocenters. The summed E-state index contributed by atoms with van der Waals surface area (Å²) in [5, 5.41) is 11.0. The van der Waals surface area contributed by atoms with Gasteiger partial charge < -0.3 is 19.4 Å². The van der Waals surface area contributed by atoms with E-state index in [1.165, 1.54) is 18.2 Å². The second-order valence-electron chi connectivity index (χ2n) is 4.97. The maximum Gasteiger partial charge on any atom is 0.241 e. The predicted octanol–water partition coefficient (Wildman–Crippen LogP) is -0.489. The highest BCUT2D eigenvalue weighted by atomic mass is 32.2. The molecule has 0 saturated carbocycles. The Morgan fingerprint density at radius 1 is 1.24 bits per heavy atom. The zero-order valence-corrected chi connectivity index (χ0v) is 12.5. The minimum atomic E-state index is -3.99. The molecule has 0 spiro atoms. The molecule has 0 aliphatic carbocycles. The molecule has 116 valence electrons. The summed E-state index contributed by atoms with van der Waals surface area (Å²) in [5.41, 5.74) is 0. The fourth-order valence-electron chi connectivity index (χ4n) is 1.88. The highest BCUT2D eigenvalue weighted by molar-refractivity contribution is 7.89. The van der Waals surface area contributed by atoms with E-state index in [1.807, 2.05) is 0 Å². The fourth-order valence-corrected chi connectivity index (χ4v) is 3.23. The van der Waals surface area contributed by atoms with Gasteiger partial charge in [-0.1, -0.05) is 13.8 Å². The molecular formula is C13H16NO6S-. The van der Waals surface area contributed by atoms with Crippen molar-refractivity contribution in [3.8, 4) is 11.5 Å². The summed E-state index contributed by atoms with van der Waals surface area (Å²) in [6, 6.07) is 2.82. The van der Waals surface area contributed by atoms with Crippen molar-refractivity contribution in [2.45, 2.75) is 24.8 Å². The number of nitrogens with one attached hydrogen (secondary N) is 1. The first-order valence-electron chi connectivity index (χ1n) is 6.44. The van der Waals surface area contributed by atoms with E-state index in [2.05, 4.69) is 4.72 Å². The van der Waals surface area contributed by atoms with E-state index in [4.69, 9.17) is 9.47 Å². The average Bonchev–Trinajstić information content (AvgIpc) is 2.43. The normalized spacial score (nSPS) is 15.8. The molecule has 21 heavy (non-hydrogen) atoms. The van der Waals surface area contributed by atoms with Crippen molar-refractivity contribution in [3.63, 3.8) is 0 Å². The summed E-state index contributed by atoms with van der Waals surface area (Å²) >= 11 is 0. The Bertz CT molecular complexity index is 640. The van der Waals surface area contributed by atoms with Gasteiger partial charge in [0, 0.05) is 6.07 Å². The lowest BCUT2D eigenvalue weighted by Gasteiger charge is -2.24. The van der Waals surface area contributed by atoms with Crippen LogP contribution in [0.1, 0.15) is 13.8 Å². The maximum atomic E-state index is 12.2. The quantitative estimate of drug-likeness (QED) is 0.786. The molecule has 7 nitrogen and oxygen atoms in total. The maximum absolute atomic E-state index is 12.2. The molecular weight excluding hydrogens is 298 g/mol. The Hall–Kier alpha value is -1.80. The molecule has 1 N–H and O–H groups in total. The third kappa shape index (κ3) is 3.45. The topological polar surface area (TPSA) is 105 Å². The van der Waals surface area contributed by atoms with Crippen LogP contribution in [0.3, 0.4) is 0 Å². The van der Waals surface area contributed by atoms with Crippen LogP contribution in [0.15, 0.2) is 23.1 Å². The molecule has 1 aliphatic heterocycles. The molecule has 0 amide bonds. The van der Waals surface area contributed by atoms with Crippen LogP contribution in [0.2, 0.25) is 0 Å². The summed E-state index contributed by atoms with van der Waals surface area (Å²) in [5.74, 6) is -1.13. The number of sulfonamides is 1. The molecule has 0 fully saturated rings. The minimum absolute atomic E-state index is 0.0846. The average molecular weight is 314 g/mol. The van der Waals surface area contributed by atoms with Crippen molar-refractivity contribution < 1.29 is 27.8 Å². The van der Waals surface area contributed by atoms with Crippen LogP contribution in [-0.2, 0) is 14.8 Å². The van der Waals surface area contributed by atoms with E-state index in [9.17, 15) is 18.3 Å². The number of fused-ring (bicyclic) bond motifs is 1. The number of aliphatic carboxylic acids is 1. The predicted molar refractivity (Wildman–Crippen MR) is 71.4 cm³/mol. The number of hydrogen-bond acceptors (Lipinski definition) is 6. The van der Waals surface area contributed by atoms with Gasteiger partial charge in [0.2, 0.25) is 10.0 Å². The Morgan fingerprint density at radius 3 is 2.43 bits per heavy atom. The zero-order valence-electron chi connectivity index (χ0n) is 11.7. The number of hydrogen-bond donors (Lipinski definition) is 1. The second-order valence-corrected chi connectivity index (χ2v) is 6.68. The van der Waals surface area contributed by atoms with E-state index < -0.39 is 28.0 Å². The van der Waals surface area contributed by atoms with Crippen molar-refractivity contribution in [1.29, 1.82) is 0 Å². The van der Waals surface area contributed by atoms with Crippen LogP contribution in [0, 0.1) is 5.92 Å². The van der Waals surface area contributed by atoms with Gasteiger partial charge in [-0.15, -0.1) is 0 Å². The lowest BCUT2D eigenvalue weighted by molar-refractivity contribution is -0.309. The van der Waals surface area contributed by atoms with Crippen LogP contribution < -0.4 is 19.3 Å². The summed E-state index contributed by atoms with van der Waals surface area (Å²) in [6.07, 6.45) is 0. The van der Waals surface area contributed by atoms with E-state index in [0.29, 0.717) is 24.7 Å². The van der Waals surface area contributed by atoms with E-state index >= 15 is 0 Å². The van der Waals surface area contributed by atoms with Gasteiger partial charge in [-0.25, -0.2) is 13.1 Å². The number of carboxylic acids is 1. The lowest BCUT2D eigenvalue weighted by atomic mass is 10.1. The first-order valence-corrected chi connectivity index (χ1v) is 7.92. The monoisotopic (exact) mass is 314 g/mol. The summed E-state index contributed by atoms with van der Waals surface area (Å²) in [4.78, 5) is 10.9. The van der Waals surface area contributed by atoms with Gasteiger partial charge >= 0.3 is 0 Å². The Balaban J connectivity index is 2.29. The number of carboxylic acid groups (broad SMARTS) is 1. The molecule has 0 bridgehead atoms. The minimum Gasteiger partial charge on any atom is -0.548 e. The summed E-state index contributed by atoms with van der Waals surface area (Å²) < 4.78 is 37.2. The van der Waals surface area contributed by atoms with Gasteiger partial charge in [-0.2, -0.15) is 0 Å². The number of rotatable bonds is 5.